The first-order valence-corrected chi connectivity index (χ1v) is 9.77. The minimum absolute atomic E-state index is 0.166. The molecule has 1 aromatic carbocycles. The predicted molar refractivity (Wildman–Crippen MR) is 102 cm³/mol. The first-order valence-electron chi connectivity index (χ1n) is 8.79. The maximum Gasteiger partial charge on any atom is 0.227 e. The summed E-state index contributed by atoms with van der Waals surface area (Å²) in [4.78, 5) is 11.1. The average Bonchev–Trinajstić information content (AvgIpc) is 3.23. The summed E-state index contributed by atoms with van der Waals surface area (Å²) in [7, 11) is 0. The molecule has 1 saturated heterocycles. The Kier molecular flexibility index (Phi) is 6.16. The van der Waals surface area contributed by atoms with Crippen molar-refractivity contribution in [2.24, 2.45) is 5.73 Å². The Morgan fingerprint density at radius 1 is 1.42 bits per heavy atom. The van der Waals surface area contributed by atoms with Crippen LogP contribution in [0.15, 0.2) is 23.4 Å². The number of carbonyl (C=O) groups excluding carboxylic acids is 1. The van der Waals surface area contributed by atoms with E-state index >= 15 is 0 Å². The van der Waals surface area contributed by atoms with Crippen molar-refractivity contribution in [1.82, 2.24) is 14.8 Å². The summed E-state index contributed by atoms with van der Waals surface area (Å²) >= 11 is 1.32. The van der Waals surface area contributed by atoms with Gasteiger partial charge in [0.1, 0.15) is 0 Å². The Morgan fingerprint density at radius 2 is 2.27 bits per heavy atom. The lowest BCUT2D eigenvalue weighted by Gasteiger charge is -2.15. The molecule has 1 aromatic heterocycles. The van der Waals surface area contributed by atoms with Crippen LogP contribution in [-0.4, -0.2) is 39.1 Å². The molecule has 8 heteroatoms. The molecule has 0 bridgehead atoms. The summed E-state index contributed by atoms with van der Waals surface area (Å²) in [6.07, 6.45) is 2.27. The molecule has 1 fully saturated rings. The van der Waals surface area contributed by atoms with Gasteiger partial charge in [0.05, 0.1) is 24.9 Å². The van der Waals surface area contributed by atoms with Gasteiger partial charge in [-0.3, -0.25) is 4.79 Å². The van der Waals surface area contributed by atoms with Gasteiger partial charge in [-0.15, -0.1) is 10.2 Å². The second kappa shape index (κ2) is 8.55. The molecule has 1 aliphatic rings. The van der Waals surface area contributed by atoms with Gasteiger partial charge >= 0.3 is 0 Å². The van der Waals surface area contributed by atoms with Gasteiger partial charge in [-0.1, -0.05) is 29.5 Å². The molecule has 7 nitrogen and oxygen atoms in total. The Hall–Kier alpha value is -2.06. The van der Waals surface area contributed by atoms with Crippen LogP contribution in [0.4, 0.5) is 5.69 Å². The Morgan fingerprint density at radius 3 is 2.96 bits per heavy atom. The Labute approximate surface area is 157 Å². The van der Waals surface area contributed by atoms with E-state index in [1.807, 2.05) is 4.57 Å². The lowest BCUT2D eigenvalue weighted by atomic mass is 10.1. The van der Waals surface area contributed by atoms with E-state index in [2.05, 4.69) is 47.6 Å². The van der Waals surface area contributed by atoms with Crippen LogP contribution in [0.5, 0.6) is 0 Å². The van der Waals surface area contributed by atoms with Crippen molar-refractivity contribution in [3.8, 4) is 0 Å². The van der Waals surface area contributed by atoms with Crippen molar-refractivity contribution in [2.75, 3.05) is 17.7 Å². The minimum Gasteiger partial charge on any atom is -0.378 e. The third-order valence-electron chi connectivity index (χ3n) is 4.37. The van der Waals surface area contributed by atoms with E-state index in [9.17, 15) is 4.79 Å². The van der Waals surface area contributed by atoms with Crippen LogP contribution >= 0.6 is 11.8 Å². The first-order chi connectivity index (χ1) is 12.5. The highest BCUT2D eigenvalue weighted by atomic mass is 32.2. The van der Waals surface area contributed by atoms with E-state index in [1.165, 1.54) is 22.9 Å². The summed E-state index contributed by atoms with van der Waals surface area (Å²) in [6.45, 7) is 6.21. The number of nitrogens with two attached hydrogens (primary N) is 1. The quantitative estimate of drug-likeness (QED) is 0.687. The number of rotatable bonds is 8. The van der Waals surface area contributed by atoms with E-state index in [0.29, 0.717) is 18.2 Å². The number of ether oxygens (including phenoxy) is 1. The van der Waals surface area contributed by atoms with Crippen LogP contribution in [0, 0.1) is 13.8 Å². The Bertz CT molecular complexity index is 771. The number of anilines is 1. The maximum absolute atomic E-state index is 11.1. The van der Waals surface area contributed by atoms with Crippen LogP contribution in [-0.2, 0) is 22.6 Å². The molecular formula is C18H25N5O2S. The molecule has 0 unspecified atom stereocenters. The SMILES string of the molecule is Cc1ccc(NCc2nnc(SCC(N)=O)n2C[C@H]2CCCO2)c(C)c1. The number of amides is 1. The molecule has 3 rings (SSSR count). The highest BCUT2D eigenvalue weighted by Gasteiger charge is 2.21. The van der Waals surface area contributed by atoms with Crippen LogP contribution < -0.4 is 11.1 Å². The second-order valence-electron chi connectivity index (χ2n) is 6.57. The number of thioether (sulfide) groups is 1. The first kappa shape index (κ1) is 18.7. The summed E-state index contributed by atoms with van der Waals surface area (Å²) in [5, 5.41) is 12.7. The fraction of sp³-hybridized carbons (Fsp3) is 0.500. The number of aromatic nitrogens is 3. The van der Waals surface area contributed by atoms with Crippen molar-refractivity contribution >= 4 is 23.4 Å². The molecular weight excluding hydrogens is 350 g/mol. The van der Waals surface area contributed by atoms with Crippen molar-refractivity contribution < 1.29 is 9.53 Å². The number of hydrogen-bond acceptors (Lipinski definition) is 6. The van der Waals surface area contributed by atoms with Crippen LogP contribution in [0.2, 0.25) is 0 Å². The van der Waals surface area contributed by atoms with Crippen LogP contribution in [0.1, 0.15) is 29.8 Å². The van der Waals surface area contributed by atoms with Crippen molar-refractivity contribution in [2.45, 2.75) is 51.0 Å². The molecule has 1 aliphatic heterocycles. The Balaban J connectivity index is 1.74. The van der Waals surface area contributed by atoms with Crippen LogP contribution in [0.25, 0.3) is 0 Å². The van der Waals surface area contributed by atoms with Gasteiger partial charge in [0, 0.05) is 12.3 Å². The molecule has 2 heterocycles. The maximum atomic E-state index is 11.1. The van der Waals surface area contributed by atoms with Gasteiger partial charge in [0.25, 0.3) is 0 Å². The van der Waals surface area contributed by atoms with Crippen LogP contribution in [0.3, 0.4) is 0 Å². The molecule has 3 N–H and O–H groups in total. The van der Waals surface area contributed by atoms with E-state index in [4.69, 9.17) is 10.5 Å². The molecule has 140 valence electrons. The molecule has 0 radical (unpaired) electrons. The number of aryl methyl sites for hydroxylation is 2. The van der Waals surface area contributed by atoms with Gasteiger partial charge in [-0.2, -0.15) is 0 Å². The summed E-state index contributed by atoms with van der Waals surface area (Å²) in [5.41, 5.74) is 8.78. The zero-order valence-corrected chi connectivity index (χ0v) is 16.0. The predicted octanol–water partition coefficient (Wildman–Crippen LogP) is 2.26. The largest absolute Gasteiger partial charge is 0.378 e. The van der Waals surface area contributed by atoms with Gasteiger partial charge in [-0.25, -0.2) is 0 Å². The molecule has 2 aromatic rings. The van der Waals surface area contributed by atoms with E-state index < -0.39 is 0 Å². The molecule has 26 heavy (non-hydrogen) atoms. The topological polar surface area (TPSA) is 95.1 Å². The molecule has 1 atom stereocenters. The van der Waals surface area contributed by atoms with Gasteiger partial charge in [0.15, 0.2) is 11.0 Å². The number of nitrogens with zero attached hydrogens (tertiary/aromatic N) is 3. The van der Waals surface area contributed by atoms with Gasteiger partial charge in [-0.05, 0) is 38.3 Å². The molecule has 0 aliphatic carbocycles. The third kappa shape index (κ3) is 4.76. The molecule has 0 saturated carbocycles. The van der Waals surface area contributed by atoms with Crippen molar-refractivity contribution in [1.29, 1.82) is 0 Å². The second-order valence-corrected chi connectivity index (χ2v) is 7.51. The normalized spacial score (nSPS) is 16.8. The molecule has 0 spiro atoms. The van der Waals surface area contributed by atoms with Gasteiger partial charge < -0.3 is 20.4 Å². The zero-order chi connectivity index (χ0) is 18.5. The number of hydrogen-bond donors (Lipinski definition) is 2. The zero-order valence-electron chi connectivity index (χ0n) is 15.2. The smallest absolute Gasteiger partial charge is 0.227 e. The lowest BCUT2D eigenvalue weighted by molar-refractivity contribution is -0.115. The summed E-state index contributed by atoms with van der Waals surface area (Å²) < 4.78 is 7.80. The van der Waals surface area contributed by atoms with Crippen molar-refractivity contribution in [3.05, 3.63) is 35.2 Å². The monoisotopic (exact) mass is 375 g/mol. The number of benzene rings is 1. The number of primary amides is 1. The van der Waals surface area contributed by atoms with E-state index in [-0.39, 0.29) is 17.8 Å². The lowest BCUT2D eigenvalue weighted by Crippen LogP contribution is -2.20. The van der Waals surface area contributed by atoms with Crippen molar-refractivity contribution in [3.63, 3.8) is 0 Å². The highest BCUT2D eigenvalue weighted by Crippen LogP contribution is 2.22. The fourth-order valence-electron chi connectivity index (χ4n) is 3.05. The minimum atomic E-state index is -0.364. The van der Waals surface area contributed by atoms with E-state index in [0.717, 1.165) is 31.0 Å². The average molecular weight is 375 g/mol. The summed E-state index contributed by atoms with van der Waals surface area (Å²) in [5.74, 6) is 0.651. The number of carbonyl (C=O) groups is 1. The van der Waals surface area contributed by atoms with Gasteiger partial charge in [0.2, 0.25) is 5.91 Å². The standard InChI is InChI=1S/C18H25N5O2S/c1-12-5-6-15(13(2)8-12)20-9-17-21-22-18(26-11-16(19)24)23(17)10-14-4-3-7-25-14/h5-6,8,14,20H,3-4,7,9-11H2,1-2H3,(H2,19,24)/t14-/m1/s1. The fourth-order valence-corrected chi connectivity index (χ4v) is 3.76. The third-order valence-corrected chi connectivity index (χ3v) is 5.36. The summed E-state index contributed by atoms with van der Waals surface area (Å²) in [6, 6.07) is 6.31. The molecule has 1 amide bonds. The highest BCUT2D eigenvalue weighted by molar-refractivity contribution is 7.99. The number of nitrogens with one attached hydrogen (secondary N) is 1. The van der Waals surface area contributed by atoms with E-state index in [1.54, 1.807) is 0 Å².